The monoisotopic (exact) mass is 398 g/mol. The number of nitrogens with zero attached hydrogens (tertiary/aromatic N) is 6. The predicted molar refractivity (Wildman–Crippen MR) is 113 cm³/mol. The van der Waals surface area contributed by atoms with E-state index < -0.39 is 0 Å². The van der Waals surface area contributed by atoms with Gasteiger partial charge in [0.25, 0.3) is 5.91 Å². The van der Waals surface area contributed by atoms with E-state index in [0.717, 1.165) is 41.7 Å². The fourth-order valence-corrected chi connectivity index (χ4v) is 5.10. The van der Waals surface area contributed by atoms with Crippen molar-refractivity contribution in [1.82, 2.24) is 29.4 Å². The zero-order valence-corrected chi connectivity index (χ0v) is 17.0. The van der Waals surface area contributed by atoms with E-state index in [1.807, 2.05) is 29.3 Å². The predicted octanol–water partition coefficient (Wildman–Crippen LogP) is 3.19. The lowest BCUT2D eigenvalue weighted by Crippen LogP contribution is -2.60. The van der Waals surface area contributed by atoms with Gasteiger partial charge in [-0.25, -0.2) is 0 Å². The van der Waals surface area contributed by atoms with Crippen LogP contribution >= 0.6 is 0 Å². The van der Waals surface area contributed by atoms with Gasteiger partial charge >= 0.3 is 0 Å². The summed E-state index contributed by atoms with van der Waals surface area (Å²) in [6.07, 6.45) is 4.58. The third-order valence-electron chi connectivity index (χ3n) is 6.58. The molecule has 1 aromatic carbocycles. The quantitative estimate of drug-likeness (QED) is 0.520. The van der Waals surface area contributed by atoms with Crippen molar-refractivity contribution >= 4 is 16.8 Å². The van der Waals surface area contributed by atoms with Gasteiger partial charge in [-0.1, -0.05) is 18.2 Å². The molecule has 30 heavy (non-hydrogen) atoms. The lowest BCUT2D eigenvalue weighted by atomic mass is 9.74. The smallest absolute Gasteiger partial charge is 0.272 e. The van der Waals surface area contributed by atoms with Gasteiger partial charge in [0.05, 0.1) is 17.3 Å². The van der Waals surface area contributed by atoms with Crippen LogP contribution in [0, 0.1) is 0 Å². The lowest BCUT2D eigenvalue weighted by Gasteiger charge is -2.47. The molecule has 1 spiro atoms. The maximum absolute atomic E-state index is 12.8. The molecule has 150 valence electrons. The van der Waals surface area contributed by atoms with Gasteiger partial charge in [0.2, 0.25) is 0 Å². The van der Waals surface area contributed by atoms with Crippen LogP contribution in [0.25, 0.3) is 22.2 Å². The molecule has 5 heterocycles. The van der Waals surface area contributed by atoms with Crippen LogP contribution in [0.2, 0.25) is 0 Å². The number of carbonyl (C=O) groups excluding carboxylic acids is 1. The first-order chi connectivity index (χ1) is 14.5. The highest BCUT2D eigenvalue weighted by Crippen LogP contribution is 2.48. The minimum absolute atomic E-state index is 0.0107. The number of pyridine rings is 1. The van der Waals surface area contributed by atoms with Gasteiger partial charge < -0.3 is 4.90 Å². The van der Waals surface area contributed by atoms with Gasteiger partial charge in [0, 0.05) is 54.6 Å². The Labute approximate surface area is 173 Å². The number of hydrogen-bond donors (Lipinski definition) is 0. The van der Waals surface area contributed by atoms with Crippen LogP contribution in [-0.4, -0.2) is 48.4 Å². The summed E-state index contributed by atoms with van der Waals surface area (Å²) in [5.41, 5.74) is 4.81. The summed E-state index contributed by atoms with van der Waals surface area (Å²) in [4.78, 5) is 19.3. The maximum atomic E-state index is 12.8. The molecule has 0 aliphatic carbocycles. The molecule has 1 amide bonds. The van der Waals surface area contributed by atoms with Gasteiger partial charge in [-0.3, -0.25) is 19.1 Å². The van der Waals surface area contributed by atoms with Crippen molar-refractivity contribution in [2.75, 3.05) is 13.1 Å². The Morgan fingerprint density at radius 1 is 1.17 bits per heavy atom. The summed E-state index contributed by atoms with van der Waals surface area (Å²) in [5, 5.41) is 10.2. The van der Waals surface area contributed by atoms with Crippen LogP contribution in [0.1, 0.15) is 35.6 Å². The number of aryl methyl sites for hydroxylation is 1. The molecule has 6 rings (SSSR count). The van der Waals surface area contributed by atoms with E-state index in [1.54, 1.807) is 24.0 Å². The summed E-state index contributed by atoms with van der Waals surface area (Å²) in [5.74, 6) is 0.0465. The Kier molecular flexibility index (Phi) is 3.48. The van der Waals surface area contributed by atoms with Crippen LogP contribution in [-0.2, 0) is 12.5 Å². The van der Waals surface area contributed by atoms with Crippen molar-refractivity contribution in [3.8, 4) is 11.3 Å². The zero-order valence-electron chi connectivity index (χ0n) is 17.0. The molecule has 1 saturated heterocycles. The molecule has 0 bridgehead atoms. The first kappa shape index (κ1) is 17.4. The molecule has 1 unspecified atom stereocenters. The highest BCUT2D eigenvalue weighted by atomic mass is 16.2. The third kappa shape index (κ3) is 2.38. The topological polar surface area (TPSA) is 68.8 Å². The average Bonchev–Trinajstić information content (AvgIpc) is 3.41. The number of aromatic nitrogens is 5. The summed E-state index contributed by atoms with van der Waals surface area (Å²) in [6, 6.07) is 14.6. The maximum Gasteiger partial charge on any atom is 0.272 e. The van der Waals surface area contributed by atoms with Crippen LogP contribution < -0.4 is 0 Å². The van der Waals surface area contributed by atoms with Gasteiger partial charge in [0.15, 0.2) is 0 Å². The van der Waals surface area contributed by atoms with E-state index in [2.05, 4.69) is 39.9 Å². The first-order valence-electron chi connectivity index (χ1n) is 10.3. The van der Waals surface area contributed by atoms with Crippen molar-refractivity contribution in [2.45, 2.75) is 24.8 Å². The van der Waals surface area contributed by atoms with E-state index in [-0.39, 0.29) is 11.3 Å². The molecule has 7 nitrogen and oxygen atoms in total. The molecule has 2 aliphatic rings. The summed E-state index contributed by atoms with van der Waals surface area (Å²) in [7, 11) is 1.80. The molecule has 1 atom stereocenters. The molecular formula is C23H22N6O. The van der Waals surface area contributed by atoms with Gasteiger partial charge in [-0.15, -0.1) is 0 Å². The second-order valence-corrected chi connectivity index (χ2v) is 8.61. The number of rotatable bonds is 2. The number of amides is 1. The molecule has 2 aliphatic heterocycles. The van der Waals surface area contributed by atoms with E-state index >= 15 is 0 Å². The number of carbonyl (C=O) groups is 1. The molecule has 7 heteroatoms. The minimum atomic E-state index is -0.0107. The van der Waals surface area contributed by atoms with Gasteiger partial charge in [-0.2, -0.15) is 10.2 Å². The largest absolute Gasteiger partial charge is 0.335 e. The van der Waals surface area contributed by atoms with Crippen molar-refractivity contribution in [3.05, 3.63) is 66.2 Å². The fourth-order valence-electron chi connectivity index (χ4n) is 5.10. The van der Waals surface area contributed by atoms with Crippen molar-refractivity contribution in [2.24, 2.45) is 7.05 Å². The van der Waals surface area contributed by atoms with Crippen LogP contribution in [0.15, 0.2) is 54.9 Å². The number of hydrogen-bond acceptors (Lipinski definition) is 4. The molecule has 3 aromatic heterocycles. The highest BCUT2D eigenvalue weighted by Gasteiger charge is 2.53. The van der Waals surface area contributed by atoms with E-state index in [9.17, 15) is 4.79 Å². The average molecular weight is 398 g/mol. The van der Waals surface area contributed by atoms with Crippen molar-refractivity contribution in [1.29, 1.82) is 0 Å². The van der Waals surface area contributed by atoms with Crippen LogP contribution in [0.3, 0.4) is 0 Å². The molecule has 0 N–H and O–H groups in total. The Hall–Kier alpha value is -3.48. The number of likely N-dealkylation sites (tertiary alicyclic amines) is 1. The van der Waals surface area contributed by atoms with E-state index in [4.69, 9.17) is 5.10 Å². The minimum Gasteiger partial charge on any atom is -0.335 e. The summed E-state index contributed by atoms with van der Waals surface area (Å²) in [6.45, 7) is 3.66. The Balaban J connectivity index is 1.31. The van der Waals surface area contributed by atoms with E-state index in [0.29, 0.717) is 11.7 Å². The van der Waals surface area contributed by atoms with Crippen molar-refractivity contribution < 1.29 is 4.79 Å². The third-order valence-corrected chi connectivity index (χ3v) is 6.58. The molecular weight excluding hydrogens is 376 g/mol. The normalized spacial score (nSPS) is 19.3. The second kappa shape index (κ2) is 6.01. The molecule has 0 saturated carbocycles. The number of benzene rings is 1. The van der Waals surface area contributed by atoms with Crippen LogP contribution in [0.5, 0.6) is 0 Å². The number of para-hydroxylation sites is 1. The number of fused-ring (bicyclic) bond motifs is 3. The van der Waals surface area contributed by atoms with E-state index in [1.165, 1.54) is 5.69 Å². The lowest BCUT2D eigenvalue weighted by molar-refractivity contribution is 0.0370. The second-order valence-electron chi connectivity index (χ2n) is 8.61. The molecule has 1 fully saturated rings. The summed E-state index contributed by atoms with van der Waals surface area (Å²) >= 11 is 0. The SMILES string of the molecule is CC1CC2(CN(C(=O)c3ccnn3C)C2)c2cc(-c3cnc4ccccc4c3)nn21. The highest BCUT2D eigenvalue weighted by molar-refractivity contribution is 5.93. The van der Waals surface area contributed by atoms with Gasteiger partial charge in [-0.05, 0) is 37.6 Å². The van der Waals surface area contributed by atoms with Crippen molar-refractivity contribution in [3.63, 3.8) is 0 Å². The molecule has 4 aromatic rings. The fraction of sp³-hybridized carbons (Fsp3) is 0.304. The first-order valence-corrected chi connectivity index (χ1v) is 10.3. The van der Waals surface area contributed by atoms with Gasteiger partial charge in [0.1, 0.15) is 5.69 Å². The molecule has 0 radical (unpaired) electrons. The van der Waals surface area contributed by atoms with Crippen LogP contribution in [0.4, 0.5) is 0 Å². The summed E-state index contributed by atoms with van der Waals surface area (Å²) < 4.78 is 3.79. The zero-order chi connectivity index (χ0) is 20.5. The standard InChI is InChI=1S/C23H22N6O/c1-15-11-23(13-28(14-23)22(30)20-7-8-25-27(20)2)21-10-19(26-29(15)21)17-9-16-5-3-4-6-18(16)24-12-17/h3-10,12,15H,11,13-14H2,1-2H3. The Morgan fingerprint density at radius 3 is 2.80 bits per heavy atom. The Bertz CT molecular complexity index is 1300. The Morgan fingerprint density at radius 2 is 2.00 bits per heavy atom.